The summed E-state index contributed by atoms with van der Waals surface area (Å²) in [6.45, 7) is 0. The van der Waals surface area contributed by atoms with Gasteiger partial charge in [0.1, 0.15) is 17.1 Å². The molecule has 6 nitrogen and oxygen atoms in total. The number of thiocarbonyl (C=S) groups is 1. The van der Waals surface area contributed by atoms with Crippen LogP contribution in [-0.2, 0) is 9.59 Å². The molecule has 1 aliphatic rings. The van der Waals surface area contributed by atoms with Crippen molar-refractivity contribution in [2.45, 2.75) is 0 Å². The molecule has 2 aromatic carbocycles. The molecule has 1 aromatic heterocycles. The van der Waals surface area contributed by atoms with E-state index >= 15 is 0 Å². The van der Waals surface area contributed by atoms with E-state index < -0.39 is 11.8 Å². The summed E-state index contributed by atoms with van der Waals surface area (Å²) in [5.41, 5.74) is 1.68. The van der Waals surface area contributed by atoms with Gasteiger partial charge in [-0.15, -0.1) is 0 Å². The number of anilines is 1. The number of halogens is 1. The highest BCUT2D eigenvalue weighted by molar-refractivity contribution is 7.80. The number of carbonyl (C=O) groups is 2. The summed E-state index contributed by atoms with van der Waals surface area (Å²) in [6.07, 6.45) is 1.37. The van der Waals surface area contributed by atoms with E-state index in [1.807, 2.05) is 0 Å². The SMILES string of the molecule is N#Cc1ccc(-c2ccc(/C=C3\C(=O)NC(=S)N(c4ccc(Cl)cc4)C3=O)o2)cc1. The molecule has 4 rings (SSSR count). The minimum Gasteiger partial charge on any atom is -0.457 e. The Morgan fingerprint density at radius 3 is 2.40 bits per heavy atom. The molecule has 0 bridgehead atoms. The second-order valence-electron chi connectivity index (χ2n) is 6.33. The Hall–Kier alpha value is -3.73. The number of hydrogen-bond acceptors (Lipinski definition) is 5. The van der Waals surface area contributed by atoms with Crippen molar-refractivity contribution in [3.05, 3.63) is 82.6 Å². The second kappa shape index (κ2) is 7.95. The highest BCUT2D eigenvalue weighted by atomic mass is 35.5. The van der Waals surface area contributed by atoms with Crippen LogP contribution in [0, 0.1) is 11.3 Å². The molecule has 0 saturated carbocycles. The van der Waals surface area contributed by atoms with Gasteiger partial charge in [0.2, 0.25) is 0 Å². The predicted octanol–water partition coefficient (Wildman–Crippen LogP) is 4.30. The predicted molar refractivity (Wildman–Crippen MR) is 117 cm³/mol. The molecule has 0 atom stereocenters. The number of nitrogens with one attached hydrogen (secondary N) is 1. The topological polar surface area (TPSA) is 86.3 Å². The highest BCUT2D eigenvalue weighted by Crippen LogP contribution is 2.26. The zero-order valence-corrected chi connectivity index (χ0v) is 16.8. The number of nitriles is 1. The van der Waals surface area contributed by atoms with Gasteiger partial charge in [0.05, 0.1) is 17.3 Å². The fraction of sp³-hybridized carbons (Fsp3) is 0. The van der Waals surface area contributed by atoms with Gasteiger partial charge in [-0.25, -0.2) is 0 Å². The number of nitrogens with zero attached hydrogens (tertiary/aromatic N) is 2. The normalized spacial score (nSPS) is 15.3. The van der Waals surface area contributed by atoms with Crippen LogP contribution in [0.15, 0.2) is 70.7 Å². The van der Waals surface area contributed by atoms with Crippen LogP contribution in [0.1, 0.15) is 11.3 Å². The van der Waals surface area contributed by atoms with Gasteiger partial charge in [-0.05, 0) is 79.0 Å². The van der Waals surface area contributed by atoms with Crippen LogP contribution in [0.25, 0.3) is 17.4 Å². The Morgan fingerprint density at radius 2 is 1.73 bits per heavy atom. The molecule has 1 aliphatic heterocycles. The molecule has 0 unspecified atom stereocenters. The summed E-state index contributed by atoms with van der Waals surface area (Å²) in [7, 11) is 0. The number of carbonyl (C=O) groups excluding carboxylic acids is 2. The van der Waals surface area contributed by atoms with Crippen molar-refractivity contribution in [1.82, 2.24) is 5.32 Å². The van der Waals surface area contributed by atoms with E-state index in [0.29, 0.717) is 27.8 Å². The van der Waals surface area contributed by atoms with Gasteiger partial charge in [0.15, 0.2) is 5.11 Å². The molecule has 8 heteroatoms. The minimum atomic E-state index is -0.605. The molecule has 3 aromatic rings. The molecule has 2 heterocycles. The van der Waals surface area contributed by atoms with Gasteiger partial charge >= 0.3 is 0 Å². The minimum absolute atomic E-state index is 0.0119. The van der Waals surface area contributed by atoms with E-state index in [-0.39, 0.29) is 10.7 Å². The third-order valence-corrected chi connectivity index (χ3v) is 4.94. The van der Waals surface area contributed by atoms with Crippen molar-refractivity contribution >= 4 is 52.5 Å². The highest BCUT2D eigenvalue weighted by Gasteiger charge is 2.34. The van der Waals surface area contributed by atoms with Crippen LogP contribution in [0.2, 0.25) is 5.02 Å². The number of furan rings is 1. The van der Waals surface area contributed by atoms with Gasteiger partial charge < -0.3 is 4.42 Å². The van der Waals surface area contributed by atoms with Crippen LogP contribution < -0.4 is 10.2 Å². The van der Waals surface area contributed by atoms with Gasteiger partial charge in [-0.3, -0.25) is 19.8 Å². The third-order valence-electron chi connectivity index (χ3n) is 4.40. The van der Waals surface area contributed by atoms with E-state index in [4.69, 9.17) is 33.5 Å². The van der Waals surface area contributed by atoms with Crippen molar-refractivity contribution in [1.29, 1.82) is 5.26 Å². The van der Waals surface area contributed by atoms with Crippen LogP contribution in [0.4, 0.5) is 5.69 Å². The summed E-state index contributed by atoms with van der Waals surface area (Å²) in [5, 5.41) is 11.9. The molecular formula is C22H12ClN3O3S. The Bertz CT molecular complexity index is 1240. The quantitative estimate of drug-likeness (QED) is 0.378. The van der Waals surface area contributed by atoms with Gasteiger partial charge in [-0.1, -0.05) is 11.6 Å². The fourth-order valence-electron chi connectivity index (χ4n) is 2.92. The average molecular weight is 434 g/mol. The average Bonchev–Trinajstić information content (AvgIpc) is 3.21. The summed E-state index contributed by atoms with van der Waals surface area (Å²) >= 11 is 11.1. The number of rotatable bonds is 3. The Morgan fingerprint density at radius 1 is 1.03 bits per heavy atom. The zero-order chi connectivity index (χ0) is 21.3. The van der Waals surface area contributed by atoms with Crippen molar-refractivity contribution in [3.63, 3.8) is 0 Å². The first kappa shape index (κ1) is 19.6. The summed E-state index contributed by atoms with van der Waals surface area (Å²) < 4.78 is 5.77. The largest absolute Gasteiger partial charge is 0.457 e. The zero-order valence-electron chi connectivity index (χ0n) is 15.3. The molecule has 2 amide bonds. The standard InChI is InChI=1S/C22H12ClN3O3S/c23-15-5-7-16(8-6-15)26-21(28)18(20(27)25-22(26)30)11-17-9-10-19(29-17)14-3-1-13(12-24)2-4-14/h1-11H,(H,25,27,30)/b18-11+. The number of amides is 2. The maximum absolute atomic E-state index is 13.0. The monoisotopic (exact) mass is 433 g/mol. The smallest absolute Gasteiger partial charge is 0.270 e. The molecule has 30 heavy (non-hydrogen) atoms. The van der Waals surface area contributed by atoms with Crippen molar-refractivity contribution < 1.29 is 14.0 Å². The van der Waals surface area contributed by atoms with E-state index in [2.05, 4.69) is 11.4 Å². The van der Waals surface area contributed by atoms with Crippen LogP contribution in [0.3, 0.4) is 0 Å². The molecule has 0 radical (unpaired) electrons. The number of hydrogen-bond donors (Lipinski definition) is 1. The molecule has 1 fully saturated rings. The lowest BCUT2D eigenvalue weighted by Gasteiger charge is -2.28. The summed E-state index contributed by atoms with van der Waals surface area (Å²) in [5.74, 6) is -0.300. The van der Waals surface area contributed by atoms with Crippen molar-refractivity contribution in [3.8, 4) is 17.4 Å². The van der Waals surface area contributed by atoms with Gasteiger partial charge in [0.25, 0.3) is 11.8 Å². The van der Waals surface area contributed by atoms with E-state index in [0.717, 1.165) is 5.56 Å². The lowest BCUT2D eigenvalue weighted by molar-refractivity contribution is -0.122. The molecule has 0 aliphatic carbocycles. The lowest BCUT2D eigenvalue weighted by atomic mass is 10.1. The van der Waals surface area contributed by atoms with E-state index in [1.54, 1.807) is 60.7 Å². The Balaban J connectivity index is 1.65. The van der Waals surface area contributed by atoms with Crippen LogP contribution in [-0.4, -0.2) is 16.9 Å². The summed E-state index contributed by atoms with van der Waals surface area (Å²) in [4.78, 5) is 26.6. The van der Waals surface area contributed by atoms with Crippen LogP contribution >= 0.6 is 23.8 Å². The first-order chi connectivity index (χ1) is 14.5. The van der Waals surface area contributed by atoms with E-state index in [1.165, 1.54) is 11.0 Å². The van der Waals surface area contributed by atoms with Gasteiger partial charge in [-0.2, -0.15) is 5.26 Å². The maximum atomic E-state index is 13.0. The maximum Gasteiger partial charge on any atom is 0.270 e. The Kier molecular flexibility index (Phi) is 5.19. The van der Waals surface area contributed by atoms with Gasteiger partial charge in [0, 0.05) is 10.6 Å². The Labute approximate surface area is 182 Å². The lowest BCUT2D eigenvalue weighted by Crippen LogP contribution is -2.54. The first-order valence-corrected chi connectivity index (χ1v) is 9.52. The second-order valence-corrected chi connectivity index (χ2v) is 7.15. The first-order valence-electron chi connectivity index (χ1n) is 8.73. The third kappa shape index (κ3) is 3.74. The summed E-state index contributed by atoms with van der Waals surface area (Å²) in [6, 6.07) is 18.8. The van der Waals surface area contributed by atoms with Crippen LogP contribution in [0.5, 0.6) is 0 Å². The molecule has 0 spiro atoms. The molecular weight excluding hydrogens is 422 g/mol. The molecule has 1 N–H and O–H groups in total. The van der Waals surface area contributed by atoms with E-state index in [9.17, 15) is 9.59 Å². The molecule has 146 valence electrons. The van der Waals surface area contributed by atoms with Crippen molar-refractivity contribution in [2.24, 2.45) is 0 Å². The number of benzene rings is 2. The fourth-order valence-corrected chi connectivity index (χ4v) is 3.33. The molecule has 1 saturated heterocycles. The van der Waals surface area contributed by atoms with Crippen molar-refractivity contribution in [2.75, 3.05) is 4.90 Å².